The molecule has 2 heterocycles. The molecule has 2 aromatic rings. The zero-order valence-corrected chi connectivity index (χ0v) is 13.0. The fourth-order valence-corrected chi connectivity index (χ4v) is 2.80. The zero-order chi connectivity index (χ0) is 15.5. The first-order valence-electron chi connectivity index (χ1n) is 7.77. The van der Waals surface area contributed by atoms with E-state index in [1.54, 1.807) is 0 Å². The van der Waals surface area contributed by atoms with Crippen molar-refractivity contribution in [2.45, 2.75) is 26.3 Å². The van der Waals surface area contributed by atoms with E-state index in [0.717, 1.165) is 30.8 Å². The second-order valence-corrected chi connectivity index (χ2v) is 6.06. The van der Waals surface area contributed by atoms with Crippen molar-refractivity contribution in [3.8, 4) is 5.69 Å². The van der Waals surface area contributed by atoms with E-state index >= 15 is 0 Å². The Bertz CT molecular complexity index is 647. The normalized spacial score (nSPS) is 21.5. The molecule has 1 aromatic carbocycles. The molecule has 0 bridgehead atoms. The average Bonchev–Trinajstić information content (AvgIpc) is 2.96. The van der Waals surface area contributed by atoms with Crippen LogP contribution in [0.3, 0.4) is 0 Å². The van der Waals surface area contributed by atoms with Gasteiger partial charge in [0.15, 0.2) is 0 Å². The Morgan fingerprint density at radius 3 is 2.77 bits per heavy atom. The number of aryl methyl sites for hydroxylation is 1. The van der Waals surface area contributed by atoms with Gasteiger partial charge in [-0.15, -0.1) is 0 Å². The average molecular weight is 298 g/mol. The van der Waals surface area contributed by atoms with Crippen LogP contribution < -0.4 is 10.6 Å². The zero-order valence-electron chi connectivity index (χ0n) is 13.0. The molecule has 3 rings (SSSR count). The maximum Gasteiger partial charge on any atom is 0.251 e. The molecule has 1 saturated heterocycles. The smallest absolute Gasteiger partial charge is 0.251 e. The van der Waals surface area contributed by atoms with E-state index in [1.807, 2.05) is 48.3 Å². The highest BCUT2D eigenvalue weighted by Crippen LogP contribution is 2.13. The van der Waals surface area contributed by atoms with Gasteiger partial charge in [-0.3, -0.25) is 4.79 Å². The lowest BCUT2D eigenvalue weighted by Crippen LogP contribution is -2.48. The molecule has 0 saturated carbocycles. The lowest BCUT2D eigenvalue weighted by molar-refractivity contribution is 0.0914. The number of piperidine rings is 1. The van der Waals surface area contributed by atoms with E-state index in [1.165, 1.54) is 0 Å². The van der Waals surface area contributed by atoms with E-state index in [-0.39, 0.29) is 11.9 Å². The van der Waals surface area contributed by atoms with Crippen molar-refractivity contribution >= 4 is 5.91 Å². The number of benzene rings is 1. The van der Waals surface area contributed by atoms with Gasteiger partial charge in [0.05, 0.1) is 11.9 Å². The second kappa shape index (κ2) is 6.32. The van der Waals surface area contributed by atoms with Gasteiger partial charge >= 0.3 is 0 Å². The van der Waals surface area contributed by atoms with Crippen molar-refractivity contribution in [2.24, 2.45) is 5.92 Å². The number of amides is 1. The SMILES string of the molecule is Cc1cnn(-c2ccc(C(=O)NC3CCNCC3C)cc2)c1. The molecular weight excluding hydrogens is 276 g/mol. The molecule has 2 unspecified atom stereocenters. The molecular formula is C17H22N4O. The number of rotatable bonds is 3. The first-order valence-corrected chi connectivity index (χ1v) is 7.77. The number of aromatic nitrogens is 2. The molecule has 0 aliphatic carbocycles. The highest BCUT2D eigenvalue weighted by atomic mass is 16.1. The molecule has 0 radical (unpaired) electrons. The minimum absolute atomic E-state index is 0.00180. The maximum atomic E-state index is 12.4. The predicted molar refractivity (Wildman–Crippen MR) is 86.2 cm³/mol. The summed E-state index contributed by atoms with van der Waals surface area (Å²) < 4.78 is 1.81. The lowest BCUT2D eigenvalue weighted by Gasteiger charge is -2.30. The quantitative estimate of drug-likeness (QED) is 0.910. The molecule has 1 aromatic heterocycles. The largest absolute Gasteiger partial charge is 0.349 e. The summed E-state index contributed by atoms with van der Waals surface area (Å²) >= 11 is 0. The van der Waals surface area contributed by atoms with Gasteiger partial charge in [0.1, 0.15) is 0 Å². The van der Waals surface area contributed by atoms with Crippen LogP contribution in [0.5, 0.6) is 0 Å². The fourth-order valence-electron chi connectivity index (χ4n) is 2.80. The highest BCUT2D eigenvalue weighted by Gasteiger charge is 2.22. The van der Waals surface area contributed by atoms with E-state index in [2.05, 4.69) is 22.7 Å². The maximum absolute atomic E-state index is 12.4. The fraction of sp³-hybridized carbons (Fsp3) is 0.412. The van der Waals surface area contributed by atoms with E-state index in [0.29, 0.717) is 11.5 Å². The summed E-state index contributed by atoms with van der Waals surface area (Å²) in [5.74, 6) is 0.464. The Hall–Kier alpha value is -2.14. The molecule has 2 N–H and O–H groups in total. The number of carbonyl (C=O) groups is 1. The number of hydrogen-bond donors (Lipinski definition) is 2. The Morgan fingerprint density at radius 1 is 1.36 bits per heavy atom. The van der Waals surface area contributed by atoms with Gasteiger partial charge in [-0.1, -0.05) is 6.92 Å². The lowest BCUT2D eigenvalue weighted by atomic mass is 9.95. The predicted octanol–water partition coefficient (Wildman–Crippen LogP) is 1.91. The first kappa shape index (κ1) is 14.8. The van der Waals surface area contributed by atoms with Crippen LogP contribution in [0.4, 0.5) is 0 Å². The van der Waals surface area contributed by atoms with Crippen molar-refractivity contribution < 1.29 is 4.79 Å². The van der Waals surface area contributed by atoms with Gasteiger partial charge in [0.25, 0.3) is 5.91 Å². The summed E-state index contributed by atoms with van der Waals surface area (Å²) in [5, 5.41) is 10.8. The summed E-state index contributed by atoms with van der Waals surface area (Å²) in [5.41, 5.74) is 2.76. The van der Waals surface area contributed by atoms with Crippen LogP contribution in [0.25, 0.3) is 5.69 Å². The Kier molecular flexibility index (Phi) is 4.24. The van der Waals surface area contributed by atoms with E-state index in [9.17, 15) is 4.79 Å². The second-order valence-electron chi connectivity index (χ2n) is 6.06. The van der Waals surface area contributed by atoms with Gasteiger partial charge in [0, 0.05) is 17.8 Å². The van der Waals surface area contributed by atoms with Crippen LogP contribution in [-0.4, -0.2) is 34.8 Å². The molecule has 5 nitrogen and oxygen atoms in total. The van der Waals surface area contributed by atoms with Gasteiger partial charge in [-0.25, -0.2) is 4.68 Å². The van der Waals surface area contributed by atoms with Crippen LogP contribution in [0.1, 0.15) is 29.3 Å². The molecule has 1 fully saturated rings. The van der Waals surface area contributed by atoms with Crippen LogP contribution in [0.2, 0.25) is 0 Å². The third kappa shape index (κ3) is 3.20. The van der Waals surface area contributed by atoms with Crippen LogP contribution in [0.15, 0.2) is 36.7 Å². The summed E-state index contributed by atoms with van der Waals surface area (Å²) in [4.78, 5) is 12.4. The molecule has 22 heavy (non-hydrogen) atoms. The minimum Gasteiger partial charge on any atom is -0.349 e. The molecule has 0 spiro atoms. The standard InChI is InChI=1S/C17H22N4O/c1-12-9-19-21(11-12)15-5-3-14(4-6-15)17(22)20-16-7-8-18-10-13(16)2/h3-6,9,11,13,16,18H,7-8,10H2,1-2H3,(H,20,22). The van der Waals surface area contributed by atoms with Gasteiger partial charge in [0.2, 0.25) is 0 Å². The summed E-state index contributed by atoms with van der Waals surface area (Å²) in [7, 11) is 0. The monoisotopic (exact) mass is 298 g/mol. The van der Waals surface area contributed by atoms with E-state index < -0.39 is 0 Å². The van der Waals surface area contributed by atoms with E-state index in [4.69, 9.17) is 0 Å². The Labute approximate surface area is 130 Å². The number of hydrogen-bond acceptors (Lipinski definition) is 3. The number of nitrogens with one attached hydrogen (secondary N) is 2. The van der Waals surface area contributed by atoms with Crippen LogP contribution in [0, 0.1) is 12.8 Å². The highest BCUT2D eigenvalue weighted by molar-refractivity contribution is 5.94. The Morgan fingerprint density at radius 2 is 2.14 bits per heavy atom. The first-order chi connectivity index (χ1) is 10.6. The van der Waals surface area contributed by atoms with Crippen molar-refractivity contribution in [2.75, 3.05) is 13.1 Å². The number of carbonyl (C=O) groups excluding carboxylic acids is 1. The minimum atomic E-state index is 0.00180. The van der Waals surface area contributed by atoms with Gasteiger partial charge in [-0.05, 0) is 62.2 Å². The Balaban J connectivity index is 1.68. The molecule has 5 heteroatoms. The summed E-state index contributed by atoms with van der Waals surface area (Å²) in [6.45, 7) is 6.10. The van der Waals surface area contributed by atoms with Crippen molar-refractivity contribution in [3.05, 3.63) is 47.8 Å². The van der Waals surface area contributed by atoms with Crippen molar-refractivity contribution in [1.29, 1.82) is 0 Å². The molecule has 1 amide bonds. The van der Waals surface area contributed by atoms with Gasteiger partial charge < -0.3 is 10.6 Å². The van der Waals surface area contributed by atoms with Crippen LogP contribution in [-0.2, 0) is 0 Å². The summed E-state index contributed by atoms with van der Waals surface area (Å²) in [6.07, 6.45) is 4.77. The topological polar surface area (TPSA) is 59.0 Å². The van der Waals surface area contributed by atoms with Crippen molar-refractivity contribution in [3.63, 3.8) is 0 Å². The summed E-state index contributed by atoms with van der Waals surface area (Å²) in [6, 6.07) is 7.81. The molecule has 1 aliphatic rings. The molecule has 1 aliphatic heterocycles. The van der Waals surface area contributed by atoms with Crippen molar-refractivity contribution in [1.82, 2.24) is 20.4 Å². The third-order valence-electron chi connectivity index (χ3n) is 4.21. The molecule has 116 valence electrons. The number of nitrogens with zero attached hydrogens (tertiary/aromatic N) is 2. The van der Waals surface area contributed by atoms with Gasteiger partial charge in [-0.2, -0.15) is 5.10 Å². The third-order valence-corrected chi connectivity index (χ3v) is 4.21. The molecule has 2 atom stereocenters. The van der Waals surface area contributed by atoms with Crippen LogP contribution >= 0.6 is 0 Å².